The van der Waals surface area contributed by atoms with Crippen molar-refractivity contribution in [1.29, 1.82) is 0 Å². The third kappa shape index (κ3) is 4.28. The number of rotatable bonds is 4. The lowest BCUT2D eigenvalue weighted by atomic mass is 10.2. The van der Waals surface area contributed by atoms with Gasteiger partial charge in [0.2, 0.25) is 10.0 Å². The summed E-state index contributed by atoms with van der Waals surface area (Å²) in [5.74, 6) is 1.69. The molecule has 1 aromatic heterocycles. The number of sulfonamides is 1. The highest BCUT2D eigenvalue weighted by molar-refractivity contribution is 7.99. The standard InChI is InChI=1S/C17H19NO3S2/c19-23(20,14-9-15-5-2-1-3-6-15)18-10-8-17(22-13-11-18)16-7-4-12-21-16/h1-7,9,12,14,17H,8,10-11,13H2/b14-9+/t17-/m0/s1. The molecule has 1 aromatic carbocycles. The van der Waals surface area contributed by atoms with Crippen LogP contribution in [-0.4, -0.2) is 31.6 Å². The fraction of sp³-hybridized carbons (Fsp3) is 0.294. The third-order valence-electron chi connectivity index (χ3n) is 3.75. The highest BCUT2D eigenvalue weighted by Crippen LogP contribution is 2.35. The smallest absolute Gasteiger partial charge is 0.236 e. The van der Waals surface area contributed by atoms with Crippen molar-refractivity contribution in [2.24, 2.45) is 0 Å². The average molecular weight is 349 g/mol. The summed E-state index contributed by atoms with van der Waals surface area (Å²) in [7, 11) is -3.39. The maximum Gasteiger partial charge on any atom is 0.236 e. The molecule has 0 spiro atoms. The Labute approximate surface area is 141 Å². The van der Waals surface area contributed by atoms with E-state index in [0.29, 0.717) is 13.1 Å². The zero-order valence-electron chi connectivity index (χ0n) is 12.7. The number of benzene rings is 1. The first kappa shape index (κ1) is 16.4. The molecule has 1 atom stereocenters. The molecular weight excluding hydrogens is 330 g/mol. The van der Waals surface area contributed by atoms with Crippen molar-refractivity contribution in [2.75, 3.05) is 18.8 Å². The highest BCUT2D eigenvalue weighted by atomic mass is 32.2. The quantitative estimate of drug-likeness (QED) is 0.843. The molecule has 2 aromatic rings. The molecular formula is C17H19NO3S2. The van der Waals surface area contributed by atoms with Gasteiger partial charge in [-0.25, -0.2) is 8.42 Å². The molecule has 2 heterocycles. The summed E-state index contributed by atoms with van der Waals surface area (Å²) in [5.41, 5.74) is 0.883. The van der Waals surface area contributed by atoms with E-state index in [1.54, 1.807) is 28.4 Å². The number of hydrogen-bond acceptors (Lipinski definition) is 4. The summed E-state index contributed by atoms with van der Waals surface area (Å²) in [6.07, 6.45) is 4.08. The van der Waals surface area contributed by atoms with Gasteiger partial charge in [-0.2, -0.15) is 4.31 Å². The highest BCUT2D eigenvalue weighted by Gasteiger charge is 2.26. The molecule has 0 aliphatic carbocycles. The van der Waals surface area contributed by atoms with Crippen molar-refractivity contribution in [3.05, 3.63) is 65.5 Å². The lowest BCUT2D eigenvalue weighted by molar-refractivity contribution is 0.422. The second-order valence-electron chi connectivity index (χ2n) is 5.32. The molecule has 0 amide bonds. The van der Waals surface area contributed by atoms with Crippen LogP contribution in [0.3, 0.4) is 0 Å². The van der Waals surface area contributed by atoms with Gasteiger partial charge < -0.3 is 4.42 Å². The van der Waals surface area contributed by atoms with E-state index in [2.05, 4.69) is 0 Å². The summed E-state index contributed by atoms with van der Waals surface area (Å²) in [6, 6.07) is 13.3. The largest absolute Gasteiger partial charge is 0.468 e. The van der Waals surface area contributed by atoms with Gasteiger partial charge in [-0.3, -0.25) is 0 Å². The number of thioether (sulfide) groups is 1. The summed E-state index contributed by atoms with van der Waals surface area (Å²) in [6.45, 7) is 1.04. The lowest BCUT2D eigenvalue weighted by Gasteiger charge is -2.17. The van der Waals surface area contributed by atoms with E-state index in [4.69, 9.17) is 4.42 Å². The zero-order valence-corrected chi connectivity index (χ0v) is 14.3. The van der Waals surface area contributed by atoms with Gasteiger partial charge in [-0.05, 0) is 30.2 Å². The van der Waals surface area contributed by atoms with Crippen molar-refractivity contribution < 1.29 is 12.8 Å². The van der Waals surface area contributed by atoms with Gasteiger partial charge in [0.25, 0.3) is 0 Å². The second kappa shape index (κ2) is 7.38. The van der Waals surface area contributed by atoms with Crippen molar-refractivity contribution in [1.82, 2.24) is 4.31 Å². The monoisotopic (exact) mass is 349 g/mol. The van der Waals surface area contributed by atoms with Crippen LogP contribution in [0.4, 0.5) is 0 Å². The Morgan fingerprint density at radius 2 is 1.96 bits per heavy atom. The molecule has 122 valence electrons. The van der Waals surface area contributed by atoms with Gasteiger partial charge in [-0.1, -0.05) is 30.3 Å². The van der Waals surface area contributed by atoms with Gasteiger partial charge in [-0.15, -0.1) is 11.8 Å². The molecule has 3 rings (SSSR count). The van der Waals surface area contributed by atoms with Crippen LogP contribution in [0.5, 0.6) is 0 Å². The van der Waals surface area contributed by atoms with Gasteiger partial charge in [0.1, 0.15) is 5.76 Å². The molecule has 6 heteroatoms. The van der Waals surface area contributed by atoms with Gasteiger partial charge >= 0.3 is 0 Å². The topological polar surface area (TPSA) is 50.5 Å². The Hall–Kier alpha value is -1.50. The predicted octanol–water partition coefficient (Wildman–Crippen LogP) is 3.76. The van der Waals surface area contributed by atoms with Crippen molar-refractivity contribution in [2.45, 2.75) is 11.7 Å². The predicted molar refractivity (Wildman–Crippen MR) is 94.5 cm³/mol. The van der Waals surface area contributed by atoms with Crippen LogP contribution in [0, 0.1) is 0 Å². The first-order chi connectivity index (χ1) is 11.1. The third-order valence-corrected chi connectivity index (χ3v) is 6.61. The Bertz CT molecular complexity index is 739. The minimum atomic E-state index is -3.39. The van der Waals surface area contributed by atoms with E-state index < -0.39 is 10.0 Å². The Morgan fingerprint density at radius 1 is 1.13 bits per heavy atom. The van der Waals surface area contributed by atoms with Crippen molar-refractivity contribution >= 4 is 27.9 Å². The van der Waals surface area contributed by atoms with Crippen LogP contribution in [0.15, 0.2) is 58.6 Å². The van der Waals surface area contributed by atoms with Crippen LogP contribution in [0.1, 0.15) is 23.0 Å². The Kier molecular flexibility index (Phi) is 5.25. The van der Waals surface area contributed by atoms with Crippen LogP contribution in [-0.2, 0) is 10.0 Å². The van der Waals surface area contributed by atoms with E-state index >= 15 is 0 Å². The number of hydrogen-bond donors (Lipinski definition) is 0. The summed E-state index contributed by atoms with van der Waals surface area (Å²) in [4.78, 5) is 0. The molecule has 0 radical (unpaired) electrons. The van der Waals surface area contributed by atoms with Crippen LogP contribution in [0.2, 0.25) is 0 Å². The molecule has 1 fully saturated rings. The maximum atomic E-state index is 12.5. The SMILES string of the molecule is O=S(=O)(/C=C/c1ccccc1)N1CCS[C@H](c2ccco2)CC1. The lowest BCUT2D eigenvalue weighted by Crippen LogP contribution is -2.31. The molecule has 0 unspecified atom stereocenters. The van der Waals surface area contributed by atoms with E-state index in [1.165, 1.54) is 5.41 Å². The zero-order chi connectivity index (χ0) is 16.1. The molecule has 1 aliphatic rings. The Balaban J connectivity index is 1.67. The van der Waals surface area contributed by atoms with Crippen LogP contribution < -0.4 is 0 Å². The van der Waals surface area contributed by atoms with Gasteiger partial charge in [0, 0.05) is 24.3 Å². The molecule has 0 saturated carbocycles. The second-order valence-corrected chi connectivity index (χ2v) is 8.45. The minimum Gasteiger partial charge on any atom is -0.468 e. The molecule has 4 nitrogen and oxygen atoms in total. The molecule has 0 N–H and O–H groups in total. The number of furan rings is 1. The minimum absolute atomic E-state index is 0.225. The van der Waals surface area contributed by atoms with Crippen LogP contribution in [0.25, 0.3) is 6.08 Å². The van der Waals surface area contributed by atoms with Gasteiger partial charge in [0.05, 0.1) is 11.5 Å². The van der Waals surface area contributed by atoms with E-state index in [1.807, 2.05) is 42.5 Å². The van der Waals surface area contributed by atoms with Crippen LogP contribution >= 0.6 is 11.8 Å². The molecule has 1 aliphatic heterocycles. The normalized spacial score (nSPS) is 20.6. The van der Waals surface area contributed by atoms with E-state index in [-0.39, 0.29) is 5.25 Å². The molecule has 1 saturated heterocycles. The van der Waals surface area contributed by atoms with Crippen molar-refractivity contribution in [3.8, 4) is 0 Å². The van der Waals surface area contributed by atoms with E-state index in [9.17, 15) is 8.42 Å². The molecule has 0 bridgehead atoms. The average Bonchev–Trinajstić information content (AvgIpc) is 2.98. The first-order valence-corrected chi connectivity index (χ1v) is 10.1. The summed E-state index contributed by atoms with van der Waals surface area (Å²) < 4.78 is 32.0. The summed E-state index contributed by atoms with van der Waals surface area (Å²) >= 11 is 1.75. The van der Waals surface area contributed by atoms with Crippen molar-refractivity contribution in [3.63, 3.8) is 0 Å². The fourth-order valence-corrected chi connectivity index (χ4v) is 5.02. The number of nitrogens with zero attached hydrogens (tertiary/aromatic N) is 1. The van der Waals surface area contributed by atoms with E-state index in [0.717, 1.165) is 23.5 Å². The summed E-state index contributed by atoms with van der Waals surface area (Å²) in [5, 5.41) is 1.53. The first-order valence-electron chi connectivity index (χ1n) is 7.53. The Morgan fingerprint density at radius 3 is 2.70 bits per heavy atom. The maximum absolute atomic E-state index is 12.5. The molecule has 23 heavy (non-hydrogen) atoms. The fourth-order valence-electron chi connectivity index (χ4n) is 2.52. The van der Waals surface area contributed by atoms with Gasteiger partial charge in [0.15, 0.2) is 0 Å².